The third-order valence-electron chi connectivity index (χ3n) is 6.13. The molecule has 0 aromatic carbocycles. The molecule has 1 aliphatic heterocycles. The predicted octanol–water partition coefficient (Wildman–Crippen LogP) is 1.18. The minimum atomic E-state index is -4.46. The molecule has 2 aliphatic carbocycles. The fourth-order valence-electron chi connectivity index (χ4n) is 4.15. The summed E-state index contributed by atoms with van der Waals surface area (Å²) in [5.74, 6) is -2.85. The number of carbonyl (C=O) groups excluding carboxylic acids is 2. The Morgan fingerprint density at radius 3 is 2.72 bits per heavy atom. The first-order valence-corrected chi connectivity index (χ1v) is 12.4. The molecule has 0 radical (unpaired) electrons. The minimum Gasteiger partial charge on any atom is -0.357 e. The Morgan fingerprint density at radius 1 is 1.39 bits per heavy atom. The molecule has 12 nitrogen and oxygen atoms in total. The molecule has 3 heterocycles. The average Bonchev–Trinajstić information content (AvgIpc) is 3.26. The van der Waals surface area contributed by atoms with E-state index in [4.69, 9.17) is 4.52 Å². The van der Waals surface area contributed by atoms with Gasteiger partial charge in [-0.15, -0.1) is 0 Å². The molecule has 0 saturated heterocycles. The number of hydrogen-bond donors (Lipinski definition) is 1. The summed E-state index contributed by atoms with van der Waals surface area (Å²) in [5, 5.41) is 17.1. The summed E-state index contributed by atoms with van der Waals surface area (Å²) in [7, 11) is -2.77. The molecule has 3 amide bonds. The van der Waals surface area contributed by atoms with Gasteiger partial charge >= 0.3 is 11.9 Å². The topological polar surface area (TPSA) is 154 Å². The van der Waals surface area contributed by atoms with E-state index in [1.165, 1.54) is 10.9 Å². The Balaban J connectivity index is 1.58. The summed E-state index contributed by atoms with van der Waals surface area (Å²) in [4.78, 5) is 27.1. The lowest BCUT2D eigenvalue weighted by Gasteiger charge is -2.28. The number of nitrogens with zero attached hydrogens (tertiary/aromatic N) is 6. The number of allylic oxidation sites excluding steroid dienone is 2. The molecule has 0 bridgehead atoms. The van der Waals surface area contributed by atoms with Gasteiger partial charge in [0, 0.05) is 31.0 Å². The van der Waals surface area contributed by atoms with Gasteiger partial charge in [0.15, 0.2) is 12.3 Å². The van der Waals surface area contributed by atoms with E-state index < -0.39 is 44.2 Å². The summed E-state index contributed by atoms with van der Waals surface area (Å²) in [6.45, 7) is 1.41. The van der Waals surface area contributed by atoms with Crippen LogP contribution in [0.15, 0.2) is 45.9 Å². The van der Waals surface area contributed by atoms with Crippen LogP contribution in [0.1, 0.15) is 29.9 Å². The van der Waals surface area contributed by atoms with Crippen LogP contribution in [0, 0.1) is 24.2 Å². The van der Waals surface area contributed by atoms with Crippen LogP contribution < -0.4 is 4.72 Å². The highest BCUT2D eigenvalue weighted by Crippen LogP contribution is 2.38. The lowest BCUT2D eigenvalue weighted by atomic mass is 9.93. The number of aromatic nitrogens is 3. The van der Waals surface area contributed by atoms with Crippen molar-refractivity contribution in [1.29, 1.82) is 5.26 Å². The van der Waals surface area contributed by atoms with Gasteiger partial charge in [-0.3, -0.25) is 4.68 Å². The molecule has 186 valence electrons. The molecule has 5 rings (SSSR count). The number of sulfonamides is 1. The summed E-state index contributed by atoms with van der Waals surface area (Å²) in [6.07, 6.45) is 5.58. The Bertz CT molecular complexity index is 1540. The van der Waals surface area contributed by atoms with Gasteiger partial charge in [0.2, 0.25) is 10.0 Å². The summed E-state index contributed by atoms with van der Waals surface area (Å²) < 4.78 is 51.2. The molecule has 36 heavy (non-hydrogen) atoms. The first-order chi connectivity index (χ1) is 17.0. The van der Waals surface area contributed by atoms with Crippen LogP contribution in [0.25, 0.3) is 0 Å². The van der Waals surface area contributed by atoms with E-state index in [2.05, 4.69) is 15.0 Å². The van der Waals surface area contributed by atoms with E-state index >= 15 is 4.39 Å². The third kappa shape index (κ3) is 4.16. The molecule has 0 spiro atoms. The number of carbonyl (C=O) groups is 2. The first kappa shape index (κ1) is 23.8. The van der Waals surface area contributed by atoms with Crippen LogP contribution in [-0.4, -0.2) is 56.0 Å². The van der Waals surface area contributed by atoms with E-state index in [-0.39, 0.29) is 18.8 Å². The lowest BCUT2D eigenvalue weighted by Crippen LogP contribution is -2.54. The second-order valence-corrected chi connectivity index (χ2v) is 10.6. The number of fused-ring (bicyclic) bond motifs is 1. The predicted molar refractivity (Wildman–Crippen MR) is 120 cm³/mol. The normalized spacial score (nSPS) is 21.2. The van der Waals surface area contributed by atoms with Gasteiger partial charge < -0.3 is 4.52 Å². The monoisotopic (exact) mass is 514 g/mol. The smallest absolute Gasteiger partial charge is 0.357 e. The number of hydrogen-bond acceptors (Lipinski definition) is 8. The minimum absolute atomic E-state index is 0.0284. The van der Waals surface area contributed by atoms with Gasteiger partial charge in [-0.2, -0.15) is 29.4 Å². The number of rotatable bonds is 7. The molecule has 1 unspecified atom stereocenters. The molecule has 2 aromatic heterocycles. The fraction of sp³-hybridized carbons (Fsp3) is 0.364. The molecule has 14 heteroatoms. The maximum atomic E-state index is 15.2. The Morgan fingerprint density at radius 2 is 2.14 bits per heavy atom. The van der Waals surface area contributed by atoms with Gasteiger partial charge in [-0.05, 0) is 25.8 Å². The quantitative estimate of drug-likeness (QED) is 0.540. The molecule has 1 fully saturated rings. The van der Waals surface area contributed by atoms with Crippen LogP contribution >= 0.6 is 0 Å². The summed E-state index contributed by atoms with van der Waals surface area (Å²) in [6, 6.07) is 2.76. The maximum absolute atomic E-state index is 15.2. The SMILES string of the molecule is Cc1cc(C[N+]2=C3C=C(F)C(S(=O)(=O)NC4(C#N)CC4)=CC3C(=O)N(Cc3cnn(C)c3)C2=O)on1. The summed E-state index contributed by atoms with van der Waals surface area (Å²) in [5.41, 5.74) is -0.173. The zero-order valence-electron chi connectivity index (χ0n) is 19.3. The largest absolute Gasteiger partial charge is 0.501 e. The Labute approximate surface area is 205 Å². The van der Waals surface area contributed by atoms with Gasteiger partial charge in [0.25, 0.3) is 0 Å². The van der Waals surface area contributed by atoms with Crippen molar-refractivity contribution in [3.63, 3.8) is 0 Å². The van der Waals surface area contributed by atoms with Crippen molar-refractivity contribution in [2.75, 3.05) is 0 Å². The van der Waals surface area contributed by atoms with Crippen LogP contribution in [0.4, 0.5) is 9.18 Å². The van der Waals surface area contributed by atoms with Crippen LogP contribution in [-0.2, 0) is 35.0 Å². The molecule has 2 aromatic rings. The standard InChI is InChI=1S/C22H21FN7O5S/c1-13-5-15(35-26-13)11-29-18-7-17(23)19(36(33,34)27-22(12-24)3-4-22)6-16(18)20(31)30(21(29)32)10-14-8-25-28(2)9-14/h5-9,16,27H,3-4,10-11H2,1-2H3/q+1. The van der Waals surface area contributed by atoms with Gasteiger partial charge in [0.05, 0.1) is 18.0 Å². The van der Waals surface area contributed by atoms with Crippen LogP contribution in [0.3, 0.4) is 0 Å². The fourth-order valence-corrected chi connectivity index (χ4v) is 5.65. The second kappa shape index (κ2) is 8.32. The van der Waals surface area contributed by atoms with E-state index in [1.54, 1.807) is 26.2 Å². The summed E-state index contributed by atoms with van der Waals surface area (Å²) >= 11 is 0. The highest BCUT2D eigenvalue weighted by molar-refractivity contribution is 7.93. The zero-order chi connectivity index (χ0) is 25.8. The van der Waals surface area contributed by atoms with Crippen LogP contribution in [0.5, 0.6) is 0 Å². The first-order valence-electron chi connectivity index (χ1n) is 11.0. The van der Waals surface area contributed by atoms with E-state index in [9.17, 15) is 23.3 Å². The molecule has 1 atom stereocenters. The van der Waals surface area contributed by atoms with Gasteiger partial charge in [0.1, 0.15) is 34.4 Å². The molecule has 3 aliphatic rings. The van der Waals surface area contributed by atoms with Crippen LogP contribution in [0.2, 0.25) is 0 Å². The van der Waals surface area contributed by atoms with E-state index in [0.29, 0.717) is 29.9 Å². The van der Waals surface area contributed by atoms with Crippen molar-refractivity contribution in [1.82, 2.24) is 24.6 Å². The molecular formula is C22H21FN7O5S+. The molecule has 1 saturated carbocycles. The lowest BCUT2D eigenvalue weighted by molar-refractivity contribution is -0.459. The number of halogens is 1. The van der Waals surface area contributed by atoms with Crippen molar-refractivity contribution in [3.8, 4) is 6.07 Å². The number of amides is 3. The number of nitriles is 1. The third-order valence-corrected chi connectivity index (χ3v) is 7.69. The number of aryl methyl sites for hydroxylation is 2. The van der Waals surface area contributed by atoms with Gasteiger partial charge in [-0.1, -0.05) is 5.16 Å². The van der Waals surface area contributed by atoms with E-state index in [1.807, 2.05) is 6.07 Å². The Kier molecular flexibility index (Phi) is 5.49. The zero-order valence-corrected chi connectivity index (χ0v) is 20.1. The maximum Gasteiger partial charge on any atom is 0.501 e. The van der Waals surface area contributed by atoms with Crippen molar-refractivity contribution in [2.24, 2.45) is 13.0 Å². The average molecular weight is 515 g/mol. The van der Waals surface area contributed by atoms with Crippen molar-refractivity contribution >= 4 is 27.7 Å². The highest BCUT2D eigenvalue weighted by Gasteiger charge is 2.52. The van der Waals surface area contributed by atoms with Crippen molar-refractivity contribution in [2.45, 2.75) is 38.4 Å². The highest BCUT2D eigenvalue weighted by atomic mass is 32.2. The Hall–Kier alpha value is -3.96. The van der Waals surface area contributed by atoms with Crippen molar-refractivity contribution in [3.05, 3.63) is 58.4 Å². The number of imide groups is 1. The number of nitrogens with one attached hydrogen (secondary N) is 1. The van der Waals surface area contributed by atoms with Gasteiger partial charge in [-0.25, -0.2) is 17.6 Å². The van der Waals surface area contributed by atoms with Crippen molar-refractivity contribution < 1.29 is 31.5 Å². The molecule has 1 N–H and O–H groups in total. The number of urea groups is 1. The molecular weight excluding hydrogens is 493 g/mol. The van der Waals surface area contributed by atoms with E-state index in [0.717, 1.165) is 21.6 Å². The second-order valence-electron chi connectivity index (χ2n) is 8.98.